The minimum Gasteiger partial charge on any atom is -0.368 e. The molecule has 0 aliphatic heterocycles. The molecule has 1 aromatic rings. The van der Waals surface area contributed by atoms with E-state index in [1.54, 1.807) is 0 Å². The third kappa shape index (κ3) is 2.49. The van der Waals surface area contributed by atoms with Gasteiger partial charge in [0, 0.05) is 36.5 Å². The van der Waals surface area contributed by atoms with Gasteiger partial charge >= 0.3 is 0 Å². The van der Waals surface area contributed by atoms with E-state index in [1.807, 2.05) is 12.4 Å². The Labute approximate surface area is 103 Å². The molecule has 1 fully saturated rings. The van der Waals surface area contributed by atoms with E-state index in [0.717, 1.165) is 24.9 Å². The van der Waals surface area contributed by atoms with Crippen molar-refractivity contribution in [3.63, 3.8) is 0 Å². The molecule has 1 aliphatic carbocycles. The standard InChI is InChI=1S/C13H19ClN2/c1-11-10-15-8-6-13(11)16(9-3-7-14)12-4-2-5-12/h6,8,10,12H,2-5,7,9H2,1H3. The first-order chi connectivity index (χ1) is 7.83. The maximum Gasteiger partial charge on any atom is 0.0429 e. The SMILES string of the molecule is Cc1cnccc1N(CCCCl)C1CCC1. The lowest BCUT2D eigenvalue weighted by Crippen LogP contribution is -2.41. The van der Waals surface area contributed by atoms with Gasteiger partial charge in [-0.1, -0.05) is 0 Å². The van der Waals surface area contributed by atoms with Crippen LogP contribution in [0.1, 0.15) is 31.2 Å². The molecule has 1 saturated carbocycles. The smallest absolute Gasteiger partial charge is 0.0429 e. The highest BCUT2D eigenvalue weighted by atomic mass is 35.5. The zero-order valence-corrected chi connectivity index (χ0v) is 10.6. The van der Waals surface area contributed by atoms with E-state index in [0.29, 0.717) is 0 Å². The fourth-order valence-electron chi connectivity index (χ4n) is 2.22. The third-order valence-electron chi connectivity index (χ3n) is 3.35. The lowest BCUT2D eigenvalue weighted by molar-refractivity contribution is 0.385. The molecule has 0 unspecified atom stereocenters. The van der Waals surface area contributed by atoms with Gasteiger partial charge in [-0.25, -0.2) is 0 Å². The predicted octanol–water partition coefficient (Wildman–Crippen LogP) is 3.38. The first-order valence-corrected chi connectivity index (χ1v) is 6.59. The summed E-state index contributed by atoms with van der Waals surface area (Å²) in [5.41, 5.74) is 2.61. The zero-order chi connectivity index (χ0) is 11.4. The lowest BCUT2D eigenvalue weighted by Gasteiger charge is -2.40. The van der Waals surface area contributed by atoms with Crippen LogP contribution >= 0.6 is 11.6 Å². The van der Waals surface area contributed by atoms with Crippen molar-refractivity contribution in [2.45, 2.75) is 38.6 Å². The minimum absolute atomic E-state index is 0.726. The summed E-state index contributed by atoms with van der Waals surface area (Å²) in [6.45, 7) is 3.20. The number of pyridine rings is 1. The number of rotatable bonds is 5. The average Bonchev–Trinajstić information content (AvgIpc) is 2.22. The summed E-state index contributed by atoms with van der Waals surface area (Å²) in [5.74, 6) is 0.743. The molecular formula is C13H19ClN2. The summed E-state index contributed by atoms with van der Waals surface area (Å²) in [5, 5.41) is 0. The molecule has 0 spiro atoms. The van der Waals surface area contributed by atoms with Crippen LogP contribution in [0.4, 0.5) is 5.69 Å². The van der Waals surface area contributed by atoms with E-state index in [9.17, 15) is 0 Å². The second-order valence-corrected chi connectivity index (χ2v) is 4.86. The monoisotopic (exact) mass is 238 g/mol. The zero-order valence-electron chi connectivity index (χ0n) is 9.82. The number of aromatic nitrogens is 1. The number of aryl methyl sites for hydroxylation is 1. The number of hydrogen-bond donors (Lipinski definition) is 0. The highest BCUT2D eigenvalue weighted by Crippen LogP contribution is 2.31. The topological polar surface area (TPSA) is 16.1 Å². The van der Waals surface area contributed by atoms with E-state index < -0.39 is 0 Å². The van der Waals surface area contributed by atoms with Crippen molar-refractivity contribution in [1.29, 1.82) is 0 Å². The van der Waals surface area contributed by atoms with E-state index in [-0.39, 0.29) is 0 Å². The van der Waals surface area contributed by atoms with Gasteiger partial charge in [-0.3, -0.25) is 4.98 Å². The second kappa shape index (κ2) is 5.53. The molecule has 88 valence electrons. The third-order valence-corrected chi connectivity index (χ3v) is 3.62. The lowest BCUT2D eigenvalue weighted by atomic mass is 9.90. The normalized spacial score (nSPS) is 15.9. The van der Waals surface area contributed by atoms with Crippen LogP contribution in [0.5, 0.6) is 0 Å². The van der Waals surface area contributed by atoms with Gasteiger partial charge in [0.05, 0.1) is 0 Å². The minimum atomic E-state index is 0.726. The van der Waals surface area contributed by atoms with Crippen molar-refractivity contribution in [2.24, 2.45) is 0 Å². The van der Waals surface area contributed by atoms with Gasteiger partial charge in [-0.15, -0.1) is 11.6 Å². The Morgan fingerprint density at radius 3 is 2.88 bits per heavy atom. The van der Waals surface area contributed by atoms with E-state index in [4.69, 9.17) is 11.6 Å². The molecule has 0 amide bonds. The quantitative estimate of drug-likeness (QED) is 0.732. The molecule has 0 bridgehead atoms. The van der Waals surface area contributed by atoms with Gasteiger partial charge in [0.25, 0.3) is 0 Å². The van der Waals surface area contributed by atoms with Crippen LogP contribution in [0.3, 0.4) is 0 Å². The van der Waals surface area contributed by atoms with Crippen molar-refractivity contribution in [1.82, 2.24) is 4.98 Å². The summed E-state index contributed by atoms with van der Waals surface area (Å²) in [7, 11) is 0. The van der Waals surface area contributed by atoms with Crippen LogP contribution in [0.2, 0.25) is 0 Å². The molecule has 3 heteroatoms. The molecule has 2 rings (SSSR count). The summed E-state index contributed by atoms with van der Waals surface area (Å²) in [4.78, 5) is 6.67. The summed E-state index contributed by atoms with van der Waals surface area (Å²) < 4.78 is 0. The number of alkyl halides is 1. The van der Waals surface area contributed by atoms with Gasteiger partial charge in [0.15, 0.2) is 0 Å². The predicted molar refractivity (Wildman–Crippen MR) is 69.3 cm³/mol. The maximum atomic E-state index is 5.80. The molecule has 1 aliphatic rings. The number of nitrogens with zero attached hydrogens (tertiary/aromatic N) is 2. The van der Waals surface area contributed by atoms with E-state index >= 15 is 0 Å². The number of anilines is 1. The van der Waals surface area contributed by atoms with Crippen LogP contribution in [0.15, 0.2) is 18.5 Å². The molecule has 0 N–H and O–H groups in total. The molecule has 0 radical (unpaired) electrons. The molecule has 2 nitrogen and oxygen atoms in total. The maximum absolute atomic E-state index is 5.80. The Hall–Kier alpha value is -0.760. The largest absolute Gasteiger partial charge is 0.368 e. The van der Waals surface area contributed by atoms with Crippen molar-refractivity contribution < 1.29 is 0 Å². The summed E-state index contributed by atoms with van der Waals surface area (Å²) in [6, 6.07) is 2.85. The van der Waals surface area contributed by atoms with Crippen molar-refractivity contribution >= 4 is 17.3 Å². The van der Waals surface area contributed by atoms with Gasteiger partial charge in [0.1, 0.15) is 0 Å². The molecule has 1 heterocycles. The van der Waals surface area contributed by atoms with Crippen LogP contribution in [-0.2, 0) is 0 Å². The average molecular weight is 239 g/mol. The molecule has 16 heavy (non-hydrogen) atoms. The fourth-order valence-corrected chi connectivity index (χ4v) is 2.34. The first-order valence-electron chi connectivity index (χ1n) is 6.06. The Balaban J connectivity index is 2.13. The number of halogens is 1. The van der Waals surface area contributed by atoms with Gasteiger partial charge in [0.2, 0.25) is 0 Å². The Kier molecular flexibility index (Phi) is 4.05. The summed E-state index contributed by atoms with van der Waals surface area (Å²) >= 11 is 5.80. The first kappa shape index (κ1) is 11.7. The molecular weight excluding hydrogens is 220 g/mol. The van der Waals surface area contributed by atoms with Crippen molar-refractivity contribution in [2.75, 3.05) is 17.3 Å². The Morgan fingerprint density at radius 2 is 2.31 bits per heavy atom. The Bertz CT molecular complexity index is 336. The van der Waals surface area contributed by atoms with Crippen molar-refractivity contribution in [3.05, 3.63) is 24.0 Å². The van der Waals surface area contributed by atoms with Gasteiger partial charge < -0.3 is 4.90 Å². The molecule has 0 aromatic carbocycles. The Morgan fingerprint density at radius 1 is 1.50 bits per heavy atom. The van der Waals surface area contributed by atoms with E-state index in [1.165, 1.54) is 30.5 Å². The second-order valence-electron chi connectivity index (χ2n) is 4.48. The summed E-state index contributed by atoms with van der Waals surface area (Å²) in [6.07, 6.45) is 8.90. The molecule has 0 atom stereocenters. The van der Waals surface area contributed by atoms with Crippen LogP contribution in [0.25, 0.3) is 0 Å². The highest BCUT2D eigenvalue weighted by Gasteiger charge is 2.25. The fraction of sp³-hybridized carbons (Fsp3) is 0.615. The number of hydrogen-bond acceptors (Lipinski definition) is 2. The molecule has 0 saturated heterocycles. The van der Waals surface area contributed by atoms with Gasteiger partial charge in [-0.2, -0.15) is 0 Å². The van der Waals surface area contributed by atoms with Crippen LogP contribution < -0.4 is 4.90 Å². The van der Waals surface area contributed by atoms with E-state index in [2.05, 4.69) is 22.9 Å². The highest BCUT2D eigenvalue weighted by molar-refractivity contribution is 6.17. The van der Waals surface area contributed by atoms with Crippen LogP contribution in [-0.4, -0.2) is 23.5 Å². The van der Waals surface area contributed by atoms with Crippen LogP contribution in [0, 0.1) is 6.92 Å². The molecule has 1 aromatic heterocycles. The van der Waals surface area contributed by atoms with Crippen molar-refractivity contribution in [3.8, 4) is 0 Å². The van der Waals surface area contributed by atoms with Gasteiger partial charge in [-0.05, 0) is 44.2 Å².